The topological polar surface area (TPSA) is 126 Å². The van der Waals surface area contributed by atoms with Crippen LogP contribution in [-0.4, -0.2) is 51.7 Å². The van der Waals surface area contributed by atoms with Crippen LogP contribution in [-0.2, 0) is 20.9 Å². The average molecular weight is 358 g/mol. The van der Waals surface area contributed by atoms with Crippen molar-refractivity contribution in [3.05, 3.63) is 11.8 Å². The molecule has 0 spiro atoms. The van der Waals surface area contributed by atoms with Gasteiger partial charge in [-0.25, -0.2) is 4.79 Å². The number of hydrogen-bond acceptors (Lipinski definition) is 7. The molecule has 1 aromatic rings. The highest BCUT2D eigenvalue weighted by molar-refractivity contribution is 7.80. The number of hydroxylamine groups is 2. The molecular weight excluding hydrogens is 349 g/mol. The van der Waals surface area contributed by atoms with Gasteiger partial charge in [-0.1, -0.05) is 0 Å². The number of halogens is 3. The Bertz CT molecular complexity index is 734. The van der Waals surface area contributed by atoms with Gasteiger partial charge in [0.1, 0.15) is 6.04 Å². The first kappa shape index (κ1) is 15.9. The number of amides is 2. The third-order valence-corrected chi connectivity index (χ3v) is 3.81. The summed E-state index contributed by atoms with van der Waals surface area (Å²) in [5, 5.41) is 6.66. The normalized spacial score (nSPS) is 25.3. The van der Waals surface area contributed by atoms with Gasteiger partial charge in [-0.3, -0.25) is 4.55 Å². The van der Waals surface area contributed by atoms with Crippen LogP contribution in [0.4, 0.5) is 18.0 Å². The SMILES string of the molecule is O=C1N2C[C@H](CC[C@@H]2c2nnc(C(F)(F)F)o2)N1OS(=O)(=O)O. The molecule has 23 heavy (non-hydrogen) atoms. The molecule has 1 aromatic heterocycles. The molecular formula is C9H9F3N4O6S. The van der Waals surface area contributed by atoms with Crippen LogP contribution < -0.4 is 0 Å². The monoisotopic (exact) mass is 358 g/mol. The first-order valence-electron chi connectivity index (χ1n) is 6.23. The second kappa shape index (κ2) is 5.04. The van der Waals surface area contributed by atoms with Crippen LogP contribution in [0, 0.1) is 0 Å². The third kappa shape index (κ3) is 2.96. The van der Waals surface area contributed by atoms with Crippen LogP contribution in [0.25, 0.3) is 0 Å². The van der Waals surface area contributed by atoms with E-state index in [0.29, 0.717) is 5.06 Å². The molecule has 10 nitrogen and oxygen atoms in total. The zero-order valence-corrected chi connectivity index (χ0v) is 11.9. The van der Waals surface area contributed by atoms with Gasteiger partial charge in [-0.2, -0.15) is 26.7 Å². The molecule has 2 aliphatic heterocycles. The average Bonchev–Trinajstić information content (AvgIpc) is 2.99. The lowest BCUT2D eigenvalue weighted by molar-refractivity contribution is -0.157. The Labute approximate surface area is 126 Å². The number of piperidine rings is 1. The quantitative estimate of drug-likeness (QED) is 0.785. The van der Waals surface area contributed by atoms with E-state index in [9.17, 15) is 26.4 Å². The molecule has 2 amide bonds. The molecule has 0 aromatic carbocycles. The Hall–Kier alpha value is -1.93. The summed E-state index contributed by atoms with van der Waals surface area (Å²) in [6.45, 7) is -0.0112. The van der Waals surface area contributed by atoms with E-state index in [1.165, 1.54) is 0 Å². The molecule has 2 atom stereocenters. The Kier molecular flexibility index (Phi) is 3.49. The summed E-state index contributed by atoms with van der Waals surface area (Å²) >= 11 is 0. The fourth-order valence-electron chi connectivity index (χ4n) is 2.57. The molecule has 2 saturated heterocycles. The molecule has 0 radical (unpaired) electrons. The Morgan fingerprint density at radius 1 is 1.30 bits per heavy atom. The maximum Gasteiger partial charge on any atom is 0.470 e. The van der Waals surface area contributed by atoms with Crippen molar-refractivity contribution in [3.8, 4) is 0 Å². The third-order valence-electron chi connectivity index (χ3n) is 3.47. The standard InChI is InChI=1S/C9H9F3N4O6S/c10-9(11,12)7-14-13-6(21-7)5-2-1-4-3-15(5)8(17)16(4)22-23(18,19)20/h4-5H,1-3H2,(H,18,19,20)/t4-,5+/m0/s1. The van der Waals surface area contributed by atoms with Gasteiger partial charge in [0.2, 0.25) is 5.89 Å². The van der Waals surface area contributed by atoms with E-state index in [0.717, 1.165) is 4.90 Å². The summed E-state index contributed by atoms with van der Waals surface area (Å²) in [6, 6.07) is -2.52. The lowest BCUT2D eigenvalue weighted by atomic mass is 10.0. The minimum Gasteiger partial charge on any atom is -0.415 e. The molecule has 2 fully saturated rings. The van der Waals surface area contributed by atoms with Crippen molar-refractivity contribution < 1.29 is 39.6 Å². The van der Waals surface area contributed by atoms with E-state index in [4.69, 9.17) is 4.55 Å². The highest BCUT2D eigenvalue weighted by Gasteiger charge is 2.50. The predicted molar refractivity (Wildman–Crippen MR) is 61.6 cm³/mol. The van der Waals surface area contributed by atoms with E-state index in [2.05, 4.69) is 18.9 Å². The van der Waals surface area contributed by atoms with Gasteiger partial charge in [0, 0.05) is 6.54 Å². The number of alkyl halides is 3. The largest absolute Gasteiger partial charge is 0.470 e. The number of urea groups is 1. The zero-order chi connectivity index (χ0) is 17.0. The maximum atomic E-state index is 12.5. The van der Waals surface area contributed by atoms with Crippen LogP contribution in [0.3, 0.4) is 0 Å². The summed E-state index contributed by atoms with van der Waals surface area (Å²) in [7, 11) is -4.90. The molecule has 0 aliphatic carbocycles. The minimum atomic E-state index is -4.90. The molecule has 0 saturated carbocycles. The number of carbonyl (C=O) groups excluding carboxylic acids is 1. The van der Waals surface area contributed by atoms with E-state index < -0.39 is 46.5 Å². The summed E-state index contributed by atoms with van der Waals surface area (Å²) < 4.78 is 76.3. The highest BCUT2D eigenvalue weighted by Crippen LogP contribution is 2.39. The molecule has 128 valence electrons. The summed E-state index contributed by atoms with van der Waals surface area (Å²) in [4.78, 5) is 13.1. The first-order chi connectivity index (χ1) is 10.6. The van der Waals surface area contributed by atoms with Crippen molar-refractivity contribution in [2.45, 2.75) is 31.1 Å². The predicted octanol–water partition coefficient (Wildman–Crippen LogP) is 0.764. The van der Waals surface area contributed by atoms with Crippen LogP contribution >= 0.6 is 0 Å². The van der Waals surface area contributed by atoms with Gasteiger partial charge in [-0.15, -0.1) is 14.5 Å². The number of hydrogen-bond donors (Lipinski definition) is 1. The summed E-state index contributed by atoms with van der Waals surface area (Å²) in [5.74, 6) is -1.94. The summed E-state index contributed by atoms with van der Waals surface area (Å²) in [5.41, 5.74) is 0. The zero-order valence-electron chi connectivity index (χ0n) is 11.1. The van der Waals surface area contributed by atoms with Gasteiger partial charge in [0.25, 0.3) is 0 Å². The fraction of sp³-hybridized carbons (Fsp3) is 0.667. The molecule has 2 aliphatic rings. The van der Waals surface area contributed by atoms with Crippen LogP contribution in [0.15, 0.2) is 4.42 Å². The smallest absolute Gasteiger partial charge is 0.415 e. The highest BCUT2D eigenvalue weighted by atomic mass is 32.3. The van der Waals surface area contributed by atoms with Crippen molar-refractivity contribution in [2.75, 3.05) is 6.54 Å². The molecule has 3 rings (SSSR count). The second-order valence-electron chi connectivity index (χ2n) is 4.95. The molecule has 3 heterocycles. The van der Waals surface area contributed by atoms with Gasteiger partial charge < -0.3 is 9.32 Å². The van der Waals surface area contributed by atoms with Gasteiger partial charge in [0.05, 0.1) is 6.04 Å². The van der Waals surface area contributed by atoms with Crippen molar-refractivity contribution in [2.24, 2.45) is 0 Å². The van der Waals surface area contributed by atoms with Crippen molar-refractivity contribution in [1.82, 2.24) is 20.2 Å². The number of fused-ring (bicyclic) bond motifs is 2. The Morgan fingerprint density at radius 2 is 2.00 bits per heavy atom. The van der Waals surface area contributed by atoms with E-state index in [-0.39, 0.29) is 19.4 Å². The molecule has 0 unspecified atom stereocenters. The van der Waals surface area contributed by atoms with E-state index in [1.54, 1.807) is 0 Å². The Morgan fingerprint density at radius 3 is 2.57 bits per heavy atom. The minimum absolute atomic E-state index is 0.0112. The summed E-state index contributed by atoms with van der Waals surface area (Å²) in [6.07, 6.45) is -4.43. The van der Waals surface area contributed by atoms with Crippen molar-refractivity contribution in [1.29, 1.82) is 0 Å². The number of aromatic nitrogens is 2. The van der Waals surface area contributed by atoms with Gasteiger partial charge in [-0.05, 0) is 12.8 Å². The number of nitrogens with zero attached hydrogens (tertiary/aromatic N) is 4. The second-order valence-corrected chi connectivity index (χ2v) is 5.96. The molecule has 1 N–H and O–H groups in total. The van der Waals surface area contributed by atoms with Crippen molar-refractivity contribution in [3.63, 3.8) is 0 Å². The van der Waals surface area contributed by atoms with Crippen LogP contribution in [0.1, 0.15) is 30.7 Å². The number of rotatable bonds is 3. The van der Waals surface area contributed by atoms with E-state index >= 15 is 0 Å². The maximum absolute atomic E-state index is 12.5. The fourth-order valence-corrected chi connectivity index (χ4v) is 2.96. The van der Waals surface area contributed by atoms with Crippen molar-refractivity contribution >= 4 is 16.4 Å². The lowest BCUT2D eigenvalue weighted by Gasteiger charge is -2.27. The first-order valence-corrected chi connectivity index (χ1v) is 7.60. The van der Waals surface area contributed by atoms with Crippen LogP contribution in [0.2, 0.25) is 0 Å². The van der Waals surface area contributed by atoms with Crippen LogP contribution in [0.5, 0.6) is 0 Å². The molecule has 14 heteroatoms. The Balaban J connectivity index is 1.83. The number of carbonyl (C=O) groups is 1. The van der Waals surface area contributed by atoms with Gasteiger partial charge in [0.15, 0.2) is 0 Å². The molecule has 2 bridgehead atoms. The van der Waals surface area contributed by atoms with Gasteiger partial charge >= 0.3 is 28.5 Å². The van der Waals surface area contributed by atoms with E-state index in [1.807, 2.05) is 0 Å². The lowest BCUT2D eigenvalue weighted by Crippen LogP contribution is -2.35.